The van der Waals surface area contributed by atoms with Gasteiger partial charge in [0.05, 0.1) is 6.20 Å². The lowest BCUT2D eigenvalue weighted by molar-refractivity contribution is -0.111. The van der Waals surface area contributed by atoms with E-state index in [9.17, 15) is 9.90 Å². The molecule has 1 unspecified atom stereocenters. The Kier molecular flexibility index (Phi) is 8.51. The number of nitrogens with zero attached hydrogens (tertiary/aromatic N) is 2. The number of aliphatic hydroxyl groups excluding tert-OH is 1. The molecule has 0 aliphatic carbocycles. The van der Waals surface area contributed by atoms with Gasteiger partial charge in [-0.05, 0) is 47.7 Å². The highest BCUT2D eigenvalue weighted by molar-refractivity contribution is 6.02. The number of benzene rings is 1. The van der Waals surface area contributed by atoms with Crippen molar-refractivity contribution in [2.45, 2.75) is 26.3 Å². The predicted molar refractivity (Wildman–Crippen MR) is 123 cm³/mol. The molecule has 0 saturated heterocycles. The highest BCUT2D eigenvalue weighted by Crippen LogP contribution is 2.22. The Morgan fingerprint density at radius 2 is 2.06 bits per heavy atom. The highest BCUT2D eigenvalue weighted by atomic mass is 16.3. The smallest absolute Gasteiger partial charge is 0.248 e. The van der Waals surface area contributed by atoms with E-state index in [1.54, 1.807) is 30.9 Å². The number of carbonyl (C=O) groups is 1. The lowest BCUT2D eigenvalue weighted by Crippen LogP contribution is -2.24. The molecule has 31 heavy (non-hydrogen) atoms. The zero-order chi connectivity index (χ0) is 21.9. The van der Waals surface area contributed by atoms with Crippen LogP contribution in [0.1, 0.15) is 30.9 Å². The van der Waals surface area contributed by atoms with Crippen LogP contribution in [0.3, 0.4) is 0 Å². The molecule has 3 aromatic rings. The minimum absolute atomic E-state index is 0.210. The Bertz CT molecular complexity index is 968. The van der Waals surface area contributed by atoms with E-state index in [-0.39, 0.29) is 12.5 Å². The fourth-order valence-corrected chi connectivity index (χ4v) is 3.34. The van der Waals surface area contributed by atoms with E-state index in [1.807, 2.05) is 30.3 Å². The molecular weight excluding hydrogens is 390 g/mol. The van der Waals surface area contributed by atoms with Crippen LogP contribution in [0.5, 0.6) is 0 Å². The molecule has 1 amide bonds. The first-order valence-corrected chi connectivity index (χ1v) is 10.5. The van der Waals surface area contributed by atoms with E-state index in [0.29, 0.717) is 5.92 Å². The third-order valence-corrected chi connectivity index (χ3v) is 5.01. The van der Waals surface area contributed by atoms with Crippen LogP contribution in [0.4, 0.5) is 5.69 Å². The monoisotopic (exact) mass is 419 g/mol. The molecule has 2 heterocycles. The third kappa shape index (κ3) is 6.87. The SMILES string of the molecule is CCCC(CO)CNCc1ccc(NC(=O)/C=C/c2cnccc2-c2cn[nH]c2)cc1. The van der Waals surface area contributed by atoms with Crippen molar-refractivity contribution >= 4 is 17.7 Å². The second-order valence-corrected chi connectivity index (χ2v) is 7.44. The maximum atomic E-state index is 12.3. The van der Waals surface area contributed by atoms with E-state index in [2.05, 4.69) is 32.7 Å². The van der Waals surface area contributed by atoms with Gasteiger partial charge in [0.1, 0.15) is 0 Å². The summed E-state index contributed by atoms with van der Waals surface area (Å²) in [5, 5.41) is 22.4. The molecule has 3 rings (SSSR count). The number of carbonyl (C=O) groups excluding carboxylic acids is 1. The summed E-state index contributed by atoms with van der Waals surface area (Å²) >= 11 is 0. The largest absolute Gasteiger partial charge is 0.396 e. The molecule has 0 spiro atoms. The molecule has 0 aliphatic rings. The fourth-order valence-electron chi connectivity index (χ4n) is 3.34. The molecule has 1 atom stereocenters. The number of aromatic nitrogens is 3. The number of aromatic amines is 1. The standard InChI is InChI=1S/C24H29N5O2/c1-2-3-19(17-30)13-26-12-18-4-7-22(8-5-18)29-24(31)9-6-20-14-25-11-10-23(20)21-15-27-28-16-21/h4-11,14-16,19,26,30H,2-3,12-13,17H2,1H3,(H,27,28)(H,29,31)/b9-6+. The van der Waals surface area contributed by atoms with Crippen molar-refractivity contribution < 1.29 is 9.90 Å². The zero-order valence-electron chi connectivity index (χ0n) is 17.7. The lowest BCUT2D eigenvalue weighted by Gasteiger charge is -2.14. The van der Waals surface area contributed by atoms with Crippen LogP contribution in [0.2, 0.25) is 0 Å². The molecule has 0 fully saturated rings. The first kappa shape index (κ1) is 22.4. The average Bonchev–Trinajstić information content (AvgIpc) is 3.33. The van der Waals surface area contributed by atoms with Gasteiger partial charge in [0, 0.05) is 61.2 Å². The summed E-state index contributed by atoms with van der Waals surface area (Å²) in [6.07, 6.45) is 12.3. The summed E-state index contributed by atoms with van der Waals surface area (Å²) < 4.78 is 0. The molecule has 7 nitrogen and oxygen atoms in total. The van der Waals surface area contributed by atoms with Gasteiger partial charge >= 0.3 is 0 Å². The maximum Gasteiger partial charge on any atom is 0.248 e. The second kappa shape index (κ2) is 11.8. The Labute approximate surface area is 182 Å². The molecular formula is C24H29N5O2. The molecule has 0 aliphatic heterocycles. The summed E-state index contributed by atoms with van der Waals surface area (Å²) in [5.74, 6) is 0.0856. The average molecular weight is 420 g/mol. The van der Waals surface area contributed by atoms with Crippen molar-refractivity contribution in [3.05, 3.63) is 72.3 Å². The van der Waals surface area contributed by atoms with E-state index >= 15 is 0 Å². The van der Waals surface area contributed by atoms with Crippen molar-refractivity contribution in [3.8, 4) is 11.1 Å². The molecule has 1 aromatic carbocycles. The summed E-state index contributed by atoms with van der Waals surface area (Å²) in [4.78, 5) is 16.5. The Hall–Kier alpha value is -3.29. The molecule has 162 valence electrons. The van der Waals surface area contributed by atoms with E-state index in [1.165, 1.54) is 6.08 Å². The maximum absolute atomic E-state index is 12.3. The third-order valence-electron chi connectivity index (χ3n) is 5.01. The molecule has 4 N–H and O–H groups in total. The summed E-state index contributed by atoms with van der Waals surface area (Å²) in [6.45, 7) is 3.86. The normalized spacial score (nSPS) is 12.2. The molecule has 0 bridgehead atoms. The minimum atomic E-state index is -0.210. The van der Waals surface area contributed by atoms with Crippen LogP contribution in [-0.4, -0.2) is 39.3 Å². The second-order valence-electron chi connectivity index (χ2n) is 7.44. The van der Waals surface area contributed by atoms with Crippen LogP contribution in [0.15, 0.2) is 61.2 Å². The van der Waals surface area contributed by atoms with Crippen molar-refractivity contribution in [1.82, 2.24) is 20.5 Å². The van der Waals surface area contributed by atoms with Gasteiger partial charge in [-0.2, -0.15) is 5.10 Å². The predicted octanol–water partition coefficient (Wildman–Crippen LogP) is 3.62. The van der Waals surface area contributed by atoms with Gasteiger partial charge < -0.3 is 15.7 Å². The van der Waals surface area contributed by atoms with Crippen LogP contribution in [-0.2, 0) is 11.3 Å². The van der Waals surface area contributed by atoms with Gasteiger partial charge in [-0.15, -0.1) is 0 Å². The summed E-state index contributed by atoms with van der Waals surface area (Å²) in [6, 6.07) is 9.63. The number of anilines is 1. The molecule has 0 radical (unpaired) electrons. The molecule has 2 aromatic heterocycles. The van der Waals surface area contributed by atoms with Gasteiger partial charge in [0.25, 0.3) is 0 Å². The number of aliphatic hydroxyl groups is 1. The van der Waals surface area contributed by atoms with Gasteiger partial charge in [0.2, 0.25) is 5.91 Å². The number of rotatable bonds is 11. The van der Waals surface area contributed by atoms with Crippen molar-refractivity contribution in [1.29, 1.82) is 0 Å². The van der Waals surface area contributed by atoms with E-state index in [0.717, 1.165) is 53.9 Å². The lowest BCUT2D eigenvalue weighted by atomic mass is 10.0. The topological polar surface area (TPSA) is 103 Å². The molecule has 0 saturated carbocycles. The number of H-pyrrole nitrogens is 1. The van der Waals surface area contributed by atoms with Crippen molar-refractivity contribution in [2.75, 3.05) is 18.5 Å². The van der Waals surface area contributed by atoms with Crippen LogP contribution in [0, 0.1) is 5.92 Å². The van der Waals surface area contributed by atoms with Gasteiger partial charge in [-0.1, -0.05) is 25.5 Å². The van der Waals surface area contributed by atoms with E-state index in [4.69, 9.17) is 0 Å². The van der Waals surface area contributed by atoms with Crippen LogP contribution < -0.4 is 10.6 Å². The van der Waals surface area contributed by atoms with Crippen molar-refractivity contribution in [3.63, 3.8) is 0 Å². The zero-order valence-corrected chi connectivity index (χ0v) is 17.7. The highest BCUT2D eigenvalue weighted by Gasteiger charge is 2.06. The van der Waals surface area contributed by atoms with E-state index < -0.39 is 0 Å². The van der Waals surface area contributed by atoms with Gasteiger partial charge in [-0.25, -0.2) is 0 Å². The molecule has 7 heteroatoms. The number of hydrogen-bond acceptors (Lipinski definition) is 5. The van der Waals surface area contributed by atoms with Crippen LogP contribution >= 0.6 is 0 Å². The number of pyridine rings is 1. The van der Waals surface area contributed by atoms with Gasteiger partial charge in [-0.3, -0.25) is 14.9 Å². The summed E-state index contributed by atoms with van der Waals surface area (Å²) in [7, 11) is 0. The Morgan fingerprint density at radius 1 is 1.23 bits per heavy atom. The minimum Gasteiger partial charge on any atom is -0.396 e. The fraction of sp³-hybridized carbons (Fsp3) is 0.292. The summed E-state index contributed by atoms with van der Waals surface area (Å²) in [5.41, 5.74) is 4.59. The number of nitrogens with one attached hydrogen (secondary N) is 3. The Balaban J connectivity index is 1.52. The number of amides is 1. The number of hydrogen-bond donors (Lipinski definition) is 4. The quantitative estimate of drug-likeness (QED) is 0.356. The first-order chi connectivity index (χ1) is 15.2. The van der Waals surface area contributed by atoms with Crippen molar-refractivity contribution in [2.24, 2.45) is 5.92 Å². The van der Waals surface area contributed by atoms with Crippen LogP contribution in [0.25, 0.3) is 17.2 Å². The van der Waals surface area contributed by atoms with Gasteiger partial charge in [0.15, 0.2) is 0 Å². The first-order valence-electron chi connectivity index (χ1n) is 10.5. The Morgan fingerprint density at radius 3 is 2.77 bits per heavy atom.